The summed E-state index contributed by atoms with van der Waals surface area (Å²) in [5.41, 5.74) is 0.764. The molecule has 2 rings (SSSR count). The molecule has 0 heterocycles. The van der Waals surface area contributed by atoms with Crippen LogP contribution in [0, 0.1) is 23.6 Å². The molecule has 21 heavy (non-hydrogen) atoms. The molecule has 0 radical (unpaired) electrons. The van der Waals surface area contributed by atoms with Crippen molar-refractivity contribution in [2.75, 3.05) is 6.54 Å². The van der Waals surface area contributed by atoms with Gasteiger partial charge in [-0.1, -0.05) is 44.5 Å². The van der Waals surface area contributed by atoms with E-state index in [1.54, 1.807) is 6.07 Å². The minimum absolute atomic E-state index is 0.235. The lowest BCUT2D eigenvalue weighted by atomic mass is 9.71. The van der Waals surface area contributed by atoms with E-state index in [9.17, 15) is 4.39 Å². The summed E-state index contributed by atoms with van der Waals surface area (Å²) in [6, 6.07) is 5.86. The van der Waals surface area contributed by atoms with Crippen LogP contribution in [-0.4, -0.2) is 12.6 Å². The first-order valence-corrected chi connectivity index (χ1v) is 8.57. The second kappa shape index (κ2) is 7.60. The van der Waals surface area contributed by atoms with Crippen LogP contribution in [0.25, 0.3) is 0 Å². The summed E-state index contributed by atoms with van der Waals surface area (Å²) in [6.45, 7) is 7.72. The molecule has 0 bridgehead atoms. The molecule has 1 aromatic carbocycles. The van der Waals surface area contributed by atoms with Gasteiger partial charge in [0.15, 0.2) is 0 Å². The summed E-state index contributed by atoms with van der Waals surface area (Å²) in [5.74, 6) is 1.73. The van der Waals surface area contributed by atoms with Gasteiger partial charge in [-0.15, -0.1) is 0 Å². The molecule has 0 aliphatic heterocycles. The van der Waals surface area contributed by atoms with Gasteiger partial charge in [0.25, 0.3) is 0 Å². The third-order valence-corrected chi connectivity index (χ3v) is 5.24. The smallest absolute Gasteiger partial charge is 0.144 e. The minimum atomic E-state index is -0.235. The molecule has 3 atom stereocenters. The molecular formula is C18H27ClFN. The zero-order valence-electron chi connectivity index (χ0n) is 13.3. The van der Waals surface area contributed by atoms with Crippen LogP contribution in [0.2, 0.25) is 5.02 Å². The molecule has 3 unspecified atom stereocenters. The summed E-state index contributed by atoms with van der Waals surface area (Å²) >= 11 is 5.92. The summed E-state index contributed by atoms with van der Waals surface area (Å²) in [6.07, 6.45) is 4.45. The average molecular weight is 312 g/mol. The van der Waals surface area contributed by atoms with Crippen LogP contribution in [0.3, 0.4) is 0 Å². The first kappa shape index (κ1) is 16.8. The number of benzene rings is 1. The van der Waals surface area contributed by atoms with Gasteiger partial charge < -0.3 is 5.32 Å². The SMILES string of the molecule is CCNC1CCC(C(C)C)CC1Cc1cccc(Cl)c1F. The van der Waals surface area contributed by atoms with E-state index in [2.05, 4.69) is 26.1 Å². The Kier molecular flexibility index (Phi) is 6.07. The summed E-state index contributed by atoms with van der Waals surface area (Å²) in [7, 11) is 0. The Bertz CT molecular complexity index is 461. The minimum Gasteiger partial charge on any atom is -0.314 e. The lowest BCUT2D eigenvalue weighted by molar-refractivity contribution is 0.168. The van der Waals surface area contributed by atoms with Gasteiger partial charge in [0.05, 0.1) is 5.02 Å². The Labute approximate surface area is 133 Å². The summed E-state index contributed by atoms with van der Waals surface area (Å²) in [5, 5.41) is 3.83. The highest BCUT2D eigenvalue weighted by molar-refractivity contribution is 6.30. The number of halogens is 2. The van der Waals surface area contributed by atoms with E-state index in [1.807, 2.05) is 12.1 Å². The van der Waals surface area contributed by atoms with Crippen molar-refractivity contribution in [3.8, 4) is 0 Å². The second-order valence-electron chi connectivity index (χ2n) is 6.66. The predicted octanol–water partition coefficient (Wildman–Crippen LogP) is 5.07. The van der Waals surface area contributed by atoms with Gasteiger partial charge >= 0.3 is 0 Å². The number of rotatable bonds is 5. The lowest BCUT2D eigenvalue weighted by Crippen LogP contribution is -2.42. The van der Waals surface area contributed by atoms with E-state index >= 15 is 0 Å². The Hall–Kier alpha value is -0.600. The Morgan fingerprint density at radius 2 is 2.10 bits per heavy atom. The first-order chi connectivity index (χ1) is 10.0. The van der Waals surface area contributed by atoms with Gasteiger partial charge in [0.2, 0.25) is 0 Å². The van der Waals surface area contributed by atoms with E-state index < -0.39 is 0 Å². The maximum absolute atomic E-state index is 14.2. The normalized spacial score (nSPS) is 26.3. The fraction of sp³-hybridized carbons (Fsp3) is 0.667. The van der Waals surface area contributed by atoms with Crippen molar-refractivity contribution < 1.29 is 4.39 Å². The Balaban J connectivity index is 2.13. The van der Waals surface area contributed by atoms with Crippen molar-refractivity contribution in [2.24, 2.45) is 17.8 Å². The molecule has 1 fully saturated rings. The van der Waals surface area contributed by atoms with Crippen molar-refractivity contribution in [2.45, 2.75) is 52.5 Å². The molecule has 1 aliphatic carbocycles. The van der Waals surface area contributed by atoms with Crippen LogP contribution in [0.15, 0.2) is 18.2 Å². The molecule has 1 saturated carbocycles. The Morgan fingerprint density at radius 1 is 1.33 bits per heavy atom. The van der Waals surface area contributed by atoms with Crippen LogP contribution >= 0.6 is 11.6 Å². The third kappa shape index (κ3) is 4.20. The number of nitrogens with one attached hydrogen (secondary N) is 1. The van der Waals surface area contributed by atoms with E-state index in [0.29, 0.717) is 17.9 Å². The number of hydrogen-bond donors (Lipinski definition) is 1. The largest absolute Gasteiger partial charge is 0.314 e. The van der Waals surface area contributed by atoms with Gasteiger partial charge in [-0.25, -0.2) is 4.39 Å². The Morgan fingerprint density at radius 3 is 2.76 bits per heavy atom. The zero-order valence-corrected chi connectivity index (χ0v) is 14.1. The molecule has 1 aromatic rings. The number of hydrogen-bond acceptors (Lipinski definition) is 1. The van der Waals surface area contributed by atoms with Gasteiger partial charge in [0, 0.05) is 6.04 Å². The maximum Gasteiger partial charge on any atom is 0.144 e. The van der Waals surface area contributed by atoms with Crippen LogP contribution in [0.4, 0.5) is 4.39 Å². The van der Waals surface area contributed by atoms with Crippen molar-refractivity contribution in [1.82, 2.24) is 5.32 Å². The standard InChI is InChI=1S/C18H27ClFN/c1-4-21-17-9-8-13(12(2)3)10-15(17)11-14-6-5-7-16(19)18(14)20/h5-7,12-13,15,17,21H,4,8-11H2,1-3H3. The van der Waals surface area contributed by atoms with E-state index in [-0.39, 0.29) is 10.8 Å². The molecule has 1 aliphatic rings. The molecule has 0 saturated heterocycles. The van der Waals surface area contributed by atoms with Crippen LogP contribution in [0.1, 0.15) is 45.6 Å². The van der Waals surface area contributed by atoms with Gasteiger partial charge in [-0.3, -0.25) is 0 Å². The second-order valence-corrected chi connectivity index (χ2v) is 7.07. The van der Waals surface area contributed by atoms with E-state index in [4.69, 9.17) is 11.6 Å². The molecular weight excluding hydrogens is 285 g/mol. The molecule has 1 nitrogen and oxygen atoms in total. The fourth-order valence-electron chi connectivity index (χ4n) is 3.65. The third-order valence-electron chi connectivity index (χ3n) is 4.95. The average Bonchev–Trinajstić information content (AvgIpc) is 2.45. The van der Waals surface area contributed by atoms with Gasteiger partial charge in [-0.05, 0) is 61.6 Å². The van der Waals surface area contributed by atoms with Gasteiger partial charge in [0.1, 0.15) is 5.82 Å². The van der Waals surface area contributed by atoms with Crippen LogP contribution in [0.5, 0.6) is 0 Å². The lowest BCUT2D eigenvalue weighted by Gasteiger charge is -2.38. The van der Waals surface area contributed by atoms with Crippen molar-refractivity contribution >= 4 is 11.6 Å². The highest BCUT2D eigenvalue weighted by Gasteiger charge is 2.31. The molecule has 0 spiro atoms. The molecule has 1 N–H and O–H groups in total. The van der Waals surface area contributed by atoms with Crippen molar-refractivity contribution in [3.63, 3.8) is 0 Å². The zero-order chi connectivity index (χ0) is 15.4. The first-order valence-electron chi connectivity index (χ1n) is 8.19. The maximum atomic E-state index is 14.2. The summed E-state index contributed by atoms with van der Waals surface area (Å²) < 4.78 is 14.2. The van der Waals surface area contributed by atoms with Gasteiger partial charge in [-0.2, -0.15) is 0 Å². The quantitative estimate of drug-likeness (QED) is 0.800. The van der Waals surface area contributed by atoms with E-state index in [0.717, 1.165) is 24.4 Å². The molecule has 0 amide bonds. The molecule has 118 valence electrons. The molecule has 0 aromatic heterocycles. The molecule has 3 heteroatoms. The van der Waals surface area contributed by atoms with Crippen molar-refractivity contribution in [3.05, 3.63) is 34.6 Å². The highest BCUT2D eigenvalue weighted by atomic mass is 35.5. The summed E-state index contributed by atoms with van der Waals surface area (Å²) in [4.78, 5) is 0. The monoisotopic (exact) mass is 311 g/mol. The van der Waals surface area contributed by atoms with Crippen LogP contribution in [-0.2, 0) is 6.42 Å². The van der Waals surface area contributed by atoms with Crippen molar-refractivity contribution in [1.29, 1.82) is 0 Å². The highest BCUT2D eigenvalue weighted by Crippen LogP contribution is 2.36. The van der Waals surface area contributed by atoms with E-state index in [1.165, 1.54) is 19.3 Å². The topological polar surface area (TPSA) is 12.0 Å². The van der Waals surface area contributed by atoms with Crippen LogP contribution < -0.4 is 5.32 Å². The predicted molar refractivity (Wildman–Crippen MR) is 88.2 cm³/mol. The fourth-order valence-corrected chi connectivity index (χ4v) is 3.85.